The summed E-state index contributed by atoms with van der Waals surface area (Å²) in [6, 6.07) is 6.64. The van der Waals surface area contributed by atoms with Crippen molar-refractivity contribution in [3.05, 3.63) is 29.8 Å². The van der Waals surface area contributed by atoms with Crippen LogP contribution in [0.3, 0.4) is 0 Å². The molecule has 0 saturated heterocycles. The Bertz CT molecular complexity index is 281. The molecule has 1 rings (SSSR count). The lowest BCUT2D eigenvalue weighted by Crippen LogP contribution is -2.31. The minimum atomic E-state index is -1.12. The Kier molecular flexibility index (Phi) is 2.90. The normalized spacial score (nSPS) is 15.3. The van der Waals surface area contributed by atoms with Crippen molar-refractivity contribution < 1.29 is 15.3 Å². The van der Waals surface area contributed by atoms with Gasteiger partial charge in [-0.05, 0) is 24.6 Å². The fourth-order valence-corrected chi connectivity index (χ4v) is 1.16. The minimum Gasteiger partial charge on any atom is -0.508 e. The van der Waals surface area contributed by atoms with Gasteiger partial charge in [-0.2, -0.15) is 0 Å². The van der Waals surface area contributed by atoms with Gasteiger partial charge in [-0.15, -0.1) is 0 Å². The van der Waals surface area contributed by atoms with E-state index in [1.54, 1.807) is 31.2 Å². The molecule has 1 unspecified atom stereocenters. The Morgan fingerprint density at radius 1 is 1.38 bits per heavy atom. The van der Waals surface area contributed by atoms with Crippen LogP contribution in [0.5, 0.6) is 5.75 Å². The molecule has 3 N–H and O–H groups in total. The summed E-state index contributed by atoms with van der Waals surface area (Å²) in [5.41, 5.74) is -0.313. The second-order valence-corrected chi connectivity index (χ2v) is 3.50. The van der Waals surface area contributed by atoms with Crippen LogP contribution in [-0.4, -0.2) is 27.5 Å². The summed E-state index contributed by atoms with van der Waals surface area (Å²) in [5, 5.41) is 27.5. The molecule has 0 fully saturated rings. The molecule has 1 aromatic carbocycles. The molecule has 0 aliphatic heterocycles. The molecule has 0 aliphatic rings. The highest BCUT2D eigenvalue weighted by atomic mass is 16.3. The lowest BCUT2D eigenvalue weighted by atomic mass is 9.97. The molecule has 0 radical (unpaired) electrons. The van der Waals surface area contributed by atoms with Crippen LogP contribution in [-0.2, 0) is 6.42 Å². The van der Waals surface area contributed by atoms with Crippen molar-refractivity contribution in [1.29, 1.82) is 0 Å². The van der Waals surface area contributed by atoms with E-state index in [-0.39, 0.29) is 12.4 Å². The molecular weight excluding hydrogens is 168 g/mol. The number of phenolic OH excluding ortho intramolecular Hbond substituents is 1. The molecule has 3 nitrogen and oxygen atoms in total. The zero-order chi connectivity index (χ0) is 9.90. The van der Waals surface area contributed by atoms with Crippen LogP contribution in [0.15, 0.2) is 24.3 Å². The number of hydrogen-bond acceptors (Lipinski definition) is 3. The van der Waals surface area contributed by atoms with Crippen molar-refractivity contribution in [2.45, 2.75) is 18.9 Å². The smallest absolute Gasteiger partial charge is 0.115 e. The van der Waals surface area contributed by atoms with Crippen molar-refractivity contribution >= 4 is 0 Å². The van der Waals surface area contributed by atoms with Gasteiger partial charge in [0.25, 0.3) is 0 Å². The molecule has 0 heterocycles. The van der Waals surface area contributed by atoms with E-state index in [1.807, 2.05) is 0 Å². The lowest BCUT2D eigenvalue weighted by Gasteiger charge is -2.20. The van der Waals surface area contributed by atoms with E-state index < -0.39 is 5.60 Å². The van der Waals surface area contributed by atoms with Gasteiger partial charge < -0.3 is 15.3 Å². The van der Waals surface area contributed by atoms with Crippen molar-refractivity contribution in [1.82, 2.24) is 0 Å². The summed E-state index contributed by atoms with van der Waals surface area (Å²) in [4.78, 5) is 0. The monoisotopic (exact) mass is 182 g/mol. The number of aromatic hydroxyl groups is 1. The molecule has 13 heavy (non-hydrogen) atoms. The molecular formula is C10H14O3. The average molecular weight is 182 g/mol. The quantitative estimate of drug-likeness (QED) is 0.644. The number of aliphatic hydroxyl groups is 2. The van der Waals surface area contributed by atoms with Crippen molar-refractivity contribution in [2.75, 3.05) is 6.61 Å². The number of aliphatic hydroxyl groups excluding tert-OH is 1. The molecule has 0 bridgehead atoms. The molecule has 1 aromatic rings. The molecule has 3 heteroatoms. The Labute approximate surface area is 77.3 Å². The lowest BCUT2D eigenvalue weighted by molar-refractivity contribution is 0.00230. The number of phenols is 1. The Morgan fingerprint density at radius 2 is 2.08 bits per heavy atom. The summed E-state index contributed by atoms with van der Waals surface area (Å²) in [5.74, 6) is 0.172. The van der Waals surface area contributed by atoms with Gasteiger partial charge >= 0.3 is 0 Å². The third-order valence-electron chi connectivity index (χ3n) is 1.84. The molecule has 0 saturated carbocycles. The summed E-state index contributed by atoms with van der Waals surface area (Å²) < 4.78 is 0. The SMILES string of the molecule is CC(O)(CO)Cc1cccc(O)c1. The number of hydrogen-bond donors (Lipinski definition) is 3. The number of benzene rings is 1. The maximum absolute atomic E-state index is 9.54. The molecule has 0 amide bonds. The van der Waals surface area contributed by atoms with E-state index in [4.69, 9.17) is 10.2 Å². The van der Waals surface area contributed by atoms with Crippen LogP contribution < -0.4 is 0 Å². The van der Waals surface area contributed by atoms with Crippen LogP contribution in [0.25, 0.3) is 0 Å². The highest BCUT2D eigenvalue weighted by Crippen LogP contribution is 2.16. The Balaban J connectivity index is 2.74. The van der Waals surface area contributed by atoms with Crippen molar-refractivity contribution in [3.8, 4) is 5.75 Å². The van der Waals surface area contributed by atoms with Gasteiger partial charge in [0.1, 0.15) is 5.75 Å². The van der Waals surface area contributed by atoms with E-state index >= 15 is 0 Å². The van der Waals surface area contributed by atoms with Gasteiger partial charge in [0.05, 0.1) is 12.2 Å². The zero-order valence-corrected chi connectivity index (χ0v) is 7.57. The molecule has 0 spiro atoms. The topological polar surface area (TPSA) is 60.7 Å². The van der Waals surface area contributed by atoms with E-state index in [1.165, 1.54) is 0 Å². The highest BCUT2D eigenvalue weighted by Gasteiger charge is 2.19. The maximum Gasteiger partial charge on any atom is 0.115 e. The standard InChI is InChI=1S/C10H14O3/c1-10(13,7-11)6-8-3-2-4-9(12)5-8/h2-5,11-13H,6-7H2,1H3. The molecule has 1 atom stereocenters. The minimum absolute atomic E-state index is 0.172. The van der Waals surface area contributed by atoms with Gasteiger partial charge in [0, 0.05) is 6.42 Å². The first-order chi connectivity index (χ1) is 6.03. The predicted octanol–water partition coefficient (Wildman–Crippen LogP) is 0.678. The summed E-state index contributed by atoms with van der Waals surface area (Å²) in [7, 11) is 0. The summed E-state index contributed by atoms with van der Waals surface area (Å²) >= 11 is 0. The fraction of sp³-hybridized carbons (Fsp3) is 0.400. The molecule has 72 valence electrons. The third kappa shape index (κ3) is 3.05. The van der Waals surface area contributed by atoms with Gasteiger partial charge in [-0.25, -0.2) is 0 Å². The van der Waals surface area contributed by atoms with Crippen molar-refractivity contribution in [2.24, 2.45) is 0 Å². The first kappa shape index (κ1) is 10.0. The van der Waals surface area contributed by atoms with Crippen molar-refractivity contribution in [3.63, 3.8) is 0 Å². The average Bonchev–Trinajstić information content (AvgIpc) is 2.03. The highest BCUT2D eigenvalue weighted by molar-refractivity contribution is 5.28. The van der Waals surface area contributed by atoms with Crippen LogP contribution >= 0.6 is 0 Å². The van der Waals surface area contributed by atoms with E-state index in [0.717, 1.165) is 5.56 Å². The predicted molar refractivity (Wildman–Crippen MR) is 49.5 cm³/mol. The first-order valence-corrected chi connectivity index (χ1v) is 4.15. The second kappa shape index (κ2) is 3.77. The third-order valence-corrected chi connectivity index (χ3v) is 1.84. The molecule has 0 aliphatic carbocycles. The van der Waals surface area contributed by atoms with Crippen LogP contribution in [0.2, 0.25) is 0 Å². The van der Waals surface area contributed by atoms with Gasteiger partial charge in [-0.3, -0.25) is 0 Å². The van der Waals surface area contributed by atoms with Crippen LogP contribution in [0, 0.1) is 0 Å². The van der Waals surface area contributed by atoms with E-state index in [0.29, 0.717) is 6.42 Å². The maximum atomic E-state index is 9.54. The summed E-state index contributed by atoms with van der Waals surface area (Å²) in [6.45, 7) is 1.26. The van der Waals surface area contributed by atoms with Crippen LogP contribution in [0.4, 0.5) is 0 Å². The van der Waals surface area contributed by atoms with Gasteiger partial charge in [0.2, 0.25) is 0 Å². The van der Waals surface area contributed by atoms with E-state index in [2.05, 4.69) is 0 Å². The first-order valence-electron chi connectivity index (χ1n) is 4.15. The van der Waals surface area contributed by atoms with E-state index in [9.17, 15) is 5.11 Å². The fourth-order valence-electron chi connectivity index (χ4n) is 1.16. The summed E-state index contributed by atoms with van der Waals surface area (Å²) in [6.07, 6.45) is 0.331. The second-order valence-electron chi connectivity index (χ2n) is 3.50. The number of rotatable bonds is 3. The van der Waals surface area contributed by atoms with Gasteiger partial charge in [0.15, 0.2) is 0 Å². The Morgan fingerprint density at radius 3 is 2.62 bits per heavy atom. The molecule has 0 aromatic heterocycles. The van der Waals surface area contributed by atoms with Gasteiger partial charge in [-0.1, -0.05) is 12.1 Å². The Hall–Kier alpha value is -1.06. The van der Waals surface area contributed by atoms with Crippen LogP contribution in [0.1, 0.15) is 12.5 Å². The largest absolute Gasteiger partial charge is 0.508 e. The zero-order valence-electron chi connectivity index (χ0n) is 7.57.